The molecule has 2 aromatic rings. The predicted octanol–water partition coefficient (Wildman–Crippen LogP) is 1.50. The molecule has 130 valence electrons. The van der Waals surface area contributed by atoms with E-state index in [9.17, 15) is 4.79 Å². The number of ether oxygens (including phenoxy) is 1. The molecular weight excluding hydrogens is 312 g/mol. The lowest BCUT2D eigenvalue weighted by atomic mass is 9.97. The van der Waals surface area contributed by atoms with Gasteiger partial charge in [-0.2, -0.15) is 4.98 Å². The van der Waals surface area contributed by atoms with Crippen LogP contribution in [0.4, 0.5) is 0 Å². The van der Waals surface area contributed by atoms with Crippen molar-refractivity contribution in [2.75, 3.05) is 26.8 Å². The van der Waals surface area contributed by atoms with Crippen LogP contribution in [0.25, 0.3) is 0 Å². The summed E-state index contributed by atoms with van der Waals surface area (Å²) in [4.78, 5) is 18.7. The molecule has 0 spiro atoms. The largest absolute Gasteiger partial charge is 0.384 e. The highest BCUT2D eigenvalue weighted by molar-refractivity contribution is 5.78. The molecule has 1 aliphatic rings. The number of nitrogens with zero attached hydrogens (tertiary/aromatic N) is 4. The molecule has 2 aromatic heterocycles. The van der Waals surface area contributed by atoms with Crippen LogP contribution in [0.15, 0.2) is 15.1 Å². The third-order valence-corrected chi connectivity index (χ3v) is 4.14. The summed E-state index contributed by atoms with van der Waals surface area (Å²) in [6, 6.07) is 1.79. The van der Waals surface area contributed by atoms with Crippen molar-refractivity contribution >= 4 is 5.91 Å². The van der Waals surface area contributed by atoms with E-state index >= 15 is 0 Å². The highest BCUT2D eigenvalue weighted by Gasteiger charge is 2.29. The van der Waals surface area contributed by atoms with Crippen molar-refractivity contribution in [3.63, 3.8) is 0 Å². The first-order valence-corrected chi connectivity index (χ1v) is 8.17. The molecule has 24 heavy (non-hydrogen) atoms. The van der Waals surface area contributed by atoms with E-state index < -0.39 is 0 Å². The van der Waals surface area contributed by atoms with Crippen LogP contribution in [0.1, 0.15) is 41.9 Å². The van der Waals surface area contributed by atoms with Gasteiger partial charge in [0.25, 0.3) is 0 Å². The number of hydrogen-bond acceptors (Lipinski definition) is 7. The van der Waals surface area contributed by atoms with E-state index in [0.717, 1.165) is 25.1 Å². The first-order valence-electron chi connectivity index (χ1n) is 8.17. The topological polar surface area (TPSA) is 94.5 Å². The van der Waals surface area contributed by atoms with Crippen LogP contribution in [0.2, 0.25) is 0 Å². The highest BCUT2D eigenvalue weighted by atomic mass is 16.5. The van der Waals surface area contributed by atoms with Crippen LogP contribution in [0.5, 0.6) is 0 Å². The van der Waals surface area contributed by atoms with E-state index in [1.165, 1.54) is 0 Å². The van der Waals surface area contributed by atoms with E-state index in [2.05, 4.69) is 15.3 Å². The molecule has 1 atom stereocenters. The first-order chi connectivity index (χ1) is 11.7. The van der Waals surface area contributed by atoms with Crippen molar-refractivity contribution in [3.05, 3.63) is 29.2 Å². The SMILES string of the molecule is COCCc1noc([C@H]2CCCN(C(=O)Cc3cc(C)no3)C2)n1. The fourth-order valence-electron chi connectivity index (χ4n) is 2.89. The van der Waals surface area contributed by atoms with Gasteiger partial charge in [0.2, 0.25) is 11.8 Å². The summed E-state index contributed by atoms with van der Waals surface area (Å²) in [5, 5.41) is 7.79. The molecule has 1 amide bonds. The Morgan fingerprint density at radius 2 is 2.29 bits per heavy atom. The number of carbonyl (C=O) groups is 1. The summed E-state index contributed by atoms with van der Waals surface area (Å²) in [7, 11) is 1.64. The van der Waals surface area contributed by atoms with Gasteiger partial charge >= 0.3 is 0 Å². The van der Waals surface area contributed by atoms with Gasteiger partial charge in [-0.1, -0.05) is 10.3 Å². The third kappa shape index (κ3) is 4.00. The minimum atomic E-state index is 0.0370. The fourth-order valence-corrected chi connectivity index (χ4v) is 2.89. The maximum absolute atomic E-state index is 12.5. The first kappa shape index (κ1) is 16.6. The molecular formula is C16H22N4O4. The number of aryl methyl sites for hydroxylation is 1. The second-order valence-corrected chi connectivity index (χ2v) is 6.08. The fraction of sp³-hybridized carbons (Fsp3) is 0.625. The molecule has 0 saturated carbocycles. The highest BCUT2D eigenvalue weighted by Crippen LogP contribution is 2.26. The van der Waals surface area contributed by atoms with Gasteiger partial charge in [-0.25, -0.2) is 0 Å². The maximum atomic E-state index is 12.5. The molecule has 0 N–H and O–H groups in total. The minimum Gasteiger partial charge on any atom is -0.384 e. The second kappa shape index (κ2) is 7.57. The lowest BCUT2D eigenvalue weighted by Crippen LogP contribution is -2.40. The Morgan fingerprint density at radius 1 is 1.42 bits per heavy atom. The molecule has 0 bridgehead atoms. The molecule has 1 saturated heterocycles. The van der Waals surface area contributed by atoms with Crippen molar-refractivity contribution in [1.29, 1.82) is 0 Å². The standard InChI is InChI=1S/C16H22N4O4/c1-11-8-13(23-18-11)9-15(21)20-6-3-4-12(10-20)16-17-14(19-24-16)5-7-22-2/h8,12H,3-7,9-10H2,1-2H3/t12-/m0/s1. The minimum absolute atomic E-state index is 0.0370. The molecule has 3 heterocycles. The number of aromatic nitrogens is 3. The van der Waals surface area contributed by atoms with Crippen LogP contribution in [0.3, 0.4) is 0 Å². The lowest BCUT2D eigenvalue weighted by molar-refractivity contribution is -0.132. The molecule has 3 rings (SSSR count). The van der Waals surface area contributed by atoms with Crippen LogP contribution < -0.4 is 0 Å². The quantitative estimate of drug-likeness (QED) is 0.790. The van der Waals surface area contributed by atoms with Gasteiger partial charge in [0.05, 0.1) is 24.6 Å². The number of amides is 1. The number of piperidine rings is 1. The lowest BCUT2D eigenvalue weighted by Gasteiger charge is -2.30. The summed E-state index contributed by atoms with van der Waals surface area (Å²) in [6.07, 6.45) is 2.72. The molecule has 0 radical (unpaired) electrons. The summed E-state index contributed by atoms with van der Waals surface area (Å²) in [6.45, 7) is 3.74. The zero-order valence-electron chi connectivity index (χ0n) is 14.0. The van der Waals surface area contributed by atoms with E-state index in [4.69, 9.17) is 13.8 Å². The Bertz CT molecular complexity index is 681. The predicted molar refractivity (Wildman–Crippen MR) is 83.4 cm³/mol. The maximum Gasteiger partial charge on any atom is 0.231 e. The Labute approximate surface area is 140 Å². The van der Waals surface area contributed by atoms with Crippen LogP contribution in [-0.2, 0) is 22.4 Å². The zero-order chi connectivity index (χ0) is 16.9. The Morgan fingerprint density at radius 3 is 3.04 bits per heavy atom. The van der Waals surface area contributed by atoms with Gasteiger partial charge in [0.1, 0.15) is 5.76 Å². The summed E-state index contributed by atoms with van der Waals surface area (Å²) in [5.74, 6) is 1.97. The Kier molecular flexibility index (Phi) is 5.24. The second-order valence-electron chi connectivity index (χ2n) is 6.08. The smallest absolute Gasteiger partial charge is 0.231 e. The van der Waals surface area contributed by atoms with E-state index in [1.54, 1.807) is 13.2 Å². The number of hydrogen-bond donors (Lipinski definition) is 0. The van der Waals surface area contributed by atoms with Crippen molar-refractivity contribution in [1.82, 2.24) is 20.2 Å². The average molecular weight is 334 g/mol. The molecule has 1 aliphatic heterocycles. The summed E-state index contributed by atoms with van der Waals surface area (Å²) in [5.41, 5.74) is 0.781. The van der Waals surface area contributed by atoms with Crippen LogP contribution >= 0.6 is 0 Å². The van der Waals surface area contributed by atoms with Gasteiger partial charge in [0.15, 0.2) is 5.82 Å². The van der Waals surface area contributed by atoms with Crippen LogP contribution in [0, 0.1) is 6.92 Å². The van der Waals surface area contributed by atoms with Gasteiger partial charge in [-0.3, -0.25) is 4.79 Å². The summed E-state index contributed by atoms with van der Waals surface area (Å²) < 4.78 is 15.5. The zero-order valence-corrected chi connectivity index (χ0v) is 14.0. The van der Waals surface area contributed by atoms with E-state index in [-0.39, 0.29) is 18.2 Å². The van der Waals surface area contributed by atoms with Gasteiger partial charge < -0.3 is 18.7 Å². The van der Waals surface area contributed by atoms with Crippen molar-refractivity contribution in [2.24, 2.45) is 0 Å². The number of carbonyl (C=O) groups excluding carboxylic acids is 1. The molecule has 1 fully saturated rings. The molecule has 0 aromatic carbocycles. The van der Waals surface area contributed by atoms with Gasteiger partial charge in [-0.15, -0.1) is 0 Å². The Hall–Kier alpha value is -2.22. The molecule has 0 aliphatic carbocycles. The Balaban J connectivity index is 1.59. The molecule has 0 unspecified atom stereocenters. The molecule has 8 nitrogen and oxygen atoms in total. The number of rotatable bonds is 6. The van der Waals surface area contributed by atoms with Crippen molar-refractivity contribution in [2.45, 2.75) is 38.5 Å². The normalized spacial score (nSPS) is 18.1. The van der Waals surface area contributed by atoms with Gasteiger partial charge in [-0.05, 0) is 19.8 Å². The van der Waals surface area contributed by atoms with Gasteiger partial charge in [0, 0.05) is 32.7 Å². The third-order valence-electron chi connectivity index (χ3n) is 4.14. The number of methoxy groups -OCH3 is 1. The average Bonchev–Trinajstić information content (AvgIpc) is 3.22. The van der Waals surface area contributed by atoms with E-state index in [0.29, 0.717) is 37.0 Å². The van der Waals surface area contributed by atoms with Crippen LogP contribution in [-0.4, -0.2) is 52.9 Å². The monoisotopic (exact) mass is 334 g/mol. The van der Waals surface area contributed by atoms with Crippen molar-refractivity contribution in [3.8, 4) is 0 Å². The van der Waals surface area contributed by atoms with E-state index in [1.807, 2.05) is 11.8 Å². The molecule has 8 heteroatoms. The number of likely N-dealkylation sites (tertiary alicyclic amines) is 1. The summed E-state index contributed by atoms with van der Waals surface area (Å²) >= 11 is 0. The van der Waals surface area contributed by atoms with Crippen molar-refractivity contribution < 1.29 is 18.6 Å².